The molecular formula is C13H22N4O. The molecule has 1 amide bonds. The van der Waals surface area contributed by atoms with Gasteiger partial charge in [-0.05, 0) is 38.1 Å². The largest absolute Gasteiger partial charge is 0.342 e. The smallest absolute Gasteiger partial charge is 0.235 e. The highest BCUT2D eigenvalue weighted by Crippen LogP contribution is 2.29. The average Bonchev–Trinajstić information content (AvgIpc) is 3.01. The van der Waals surface area contributed by atoms with Gasteiger partial charge in [-0.1, -0.05) is 0 Å². The van der Waals surface area contributed by atoms with E-state index in [0.29, 0.717) is 12.6 Å². The number of rotatable bonds is 7. The van der Waals surface area contributed by atoms with Gasteiger partial charge in [0.2, 0.25) is 5.91 Å². The number of nitriles is 1. The first-order chi connectivity index (χ1) is 8.78. The predicted octanol–water partition coefficient (Wildman–Crippen LogP) is 0.0902. The number of hydrogen-bond acceptors (Lipinski definition) is 4. The topological polar surface area (TPSA) is 68.2 Å². The first-order valence-electron chi connectivity index (χ1n) is 6.87. The second kappa shape index (κ2) is 6.72. The Labute approximate surface area is 109 Å². The van der Waals surface area contributed by atoms with Crippen LogP contribution >= 0.6 is 0 Å². The second-order valence-corrected chi connectivity index (χ2v) is 5.37. The predicted molar refractivity (Wildman–Crippen MR) is 68.8 cm³/mol. The Balaban J connectivity index is 1.75. The van der Waals surface area contributed by atoms with Gasteiger partial charge < -0.3 is 10.6 Å². The molecule has 2 rings (SSSR count). The molecule has 2 N–H and O–H groups in total. The molecule has 1 heterocycles. The minimum Gasteiger partial charge on any atom is -0.342 e. The molecular weight excluding hydrogens is 228 g/mol. The van der Waals surface area contributed by atoms with E-state index in [2.05, 4.69) is 15.5 Å². The van der Waals surface area contributed by atoms with Gasteiger partial charge in [0.25, 0.3) is 0 Å². The standard InChI is InChI=1S/C13H22N4O/c14-5-7-16-13(18)10-17(8-11-3-4-11)9-12-2-1-6-15-12/h11-12,15H,1-4,6-10H2,(H,16,18). The monoisotopic (exact) mass is 250 g/mol. The molecule has 0 bridgehead atoms. The summed E-state index contributed by atoms with van der Waals surface area (Å²) in [4.78, 5) is 13.9. The van der Waals surface area contributed by atoms with Crippen molar-refractivity contribution in [1.29, 1.82) is 5.26 Å². The SMILES string of the molecule is N#CCNC(=O)CN(CC1CC1)CC1CCCN1. The van der Waals surface area contributed by atoms with Crippen LogP contribution in [0.3, 0.4) is 0 Å². The van der Waals surface area contributed by atoms with E-state index >= 15 is 0 Å². The normalized spacial score (nSPS) is 23.0. The minimum atomic E-state index is -0.0322. The summed E-state index contributed by atoms with van der Waals surface area (Å²) in [6.07, 6.45) is 5.05. The maximum absolute atomic E-state index is 11.7. The van der Waals surface area contributed by atoms with Gasteiger partial charge in [0.1, 0.15) is 6.54 Å². The van der Waals surface area contributed by atoms with E-state index in [0.717, 1.165) is 25.6 Å². The Morgan fingerprint density at radius 3 is 2.83 bits per heavy atom. The van der Waals surface area contributed by atoms with Crippen LogP contribution in [0.1, 0.15) is 25.7 Å². The van der Waals surface area contributed by atoms with Crippen LogP contribution in [0.4, 0.5) is 0 Å². The molecule has 1 aliphatic heterocycles. The lowest BCUT2D eigenvalue weighted by atomic mass is 10.2. The summed E-state index contributed by atoms with van der Waals surface area (Å²) < 4.78 is 0. The highest BCUT2D eigenvalue weighted by molar-refractivity contribution is 5.78. The van der Waals surface area contributed by atoms with E-state index < -0.39 is 0 Å². The molecule has 0 spiro atoms. The summed E-state index contributed by atoms with van der Waals surface area (Å²) >= 11 is 0. The van der Waals surface area contributed by atoms with Crippen LogP contribution in [0.2, 0.25) is 0 Å². The fraction of sp³-hybridized carbons (Fsp3) is 0.846. The molecule has 1 atom stereocenters. The van der Waals surface area contributed by atoms with Crippen molar-refractivity contribution < 1.29 is 4.79 Å². The quantitative estimate of drug-likeness (QED) is 0.628. The second-order valence-electron chi connectivity index (χ2n) is 5.37. The number of carbonyl (C=O) groups is 1. The Kier molecular flexibility index (Phi) is 4.97. The van der Waals surface area contributed by atoms with Crippen molar-refractivity contribution in [2.75, 3.05) is 32.7 Å². The molecule has 1 unspecified atom stereocenters. The minimum absolute atomic E-state index is 0.0322. The molecule has 5 nitrogen and oxygen atoms in total. The van der Waals surface area contributed by atoms with Crippen molar-refractivity contribution in [1.82, 2.24) is 15.5 Å². The molecule has 5 heteroatoms. The molecule has 0 aromatic carbocycles. The fourth-order valence-corrected chi connectivity index (χ4v) is 2.49. The van der Waals surface area contributed by atoms with Gasteiger partial charge in [-0.25, -0.2) is 0 Å². The van der Waals surface area contributed by atoms with Crippen molar-refractivity contribution >= 4 is 5.91 Å². The summed E-state index contributed by atoms with van der Waals surface area (Å²) in [5, 5.41) is 14.5. The van der Waals surface area contributed by atoms with Crippen LogP contribution in [-0.4, -0.2) is 49.6 Å². The van der Waals surface area contributed by atoms with E-state index in [1.165, 1.54) is 25.7 Å². The summed E-state index contributed by atoms with van der Waals surface area (Å²) in [6.45, 7) is 3.62. The number of hydrogen-bond donors (Lipinski definition) is 2. The number of amides is 1. The van der Waals surface area contributed by atoms with Gasteiger partial charge in [0.05, 0.1) is 12.6 Å². The van der Waals surface area contributed by atoms with E-state index in [-0.39, 0.29) is 12.5 Å². The highest BCUT2D eigenvalue weighted by Gasteiger charge is 2.27. The Bertz CT molecular complexity index is 315. The Morgan fingerprint density at radius 1 is 1.39 bits per heavy atom. The third kappa shape index (κ3) is 4.63. The highest BCUT2D eigenvalue weighted by atomic mass is 16.2. The Morgan fingerprint density at radius 2 is 2.22 bits per heavy atom. The molecule has 2 aliphatic rings. The van der Waals surface area contributed by atoms with Crippen molar-refractivity contribution in [2.24, 2.45) is 5.92 Å². The molecule has 1 saturated carbocycles. The van der Waals surface area contributed by atoms with Crippen molar-refractivity contribution in [2.45, 2.75) is 31.7 Å². The molecule has 2 fully saturated rings. The zero-order valence-electron chi connectivity index (χ0n) is 10.8. The van der Waals surface area contributed by atoms with Gasteiger partial charge in [0.15, 0.2) is 0 Å². The third-order valence-corrected chi connectivity index (χ3v) is 3.59. The average molecular weight is 250 g/mol. The first kappa shape index (κ1) is 13.3. The summed E-state index contributed by atoms with van der Waals surface area (Å²) in [7, 11) is 0. The molecule has 0 radical (unpaired) electrons. The lowest BCUT2D eigenvalue weighted by molar-refractivity contribution is -0.122. The zero-order valence-corrected chi connectivity index (χ0v) is 10.8. The third-order valence-electron chi connectivity index (χ3n) is 3.59. The fourth-order valence-electron chi connectivity index (χ4n) is 2.49. The van der Waals surface area contributed by atoms with E-state index in [1.807, 2.05) is 6.07 Å². The summed E-state index contributed by atoms with van der Waals surface area (Å²) in [5.41, 5.74) is 0. The van der Waals surface area contributed by atoms with Crippen molar-refractivity contribution in [3.8, 4) is 6.07 Å². The lowest BCUT2D eigenvalue weighted by Crippen LogP contribution is -2.44. The molecule has 1 saturated heterocycles. The van der Waals surface area contributed by atoms with Crippen molar-refractivity contribution in [3.05, 3.63) is 0 Å². The molecule has 18 heavy (non-hydrogen) atoms. The molecule has 1 aliphatic carbocycles. The van der Waals surface area contributed by atoms with Crippen LogP contribution < -0.4 is 10.6 Å². The number of nitrogens with one attached hydrogen (secondary N) is 2. The number of carbonyl (C=O) groups excluding carboxylic acids is 1. The maximum Gasteiger partial charge on any atom is 0.235 e. The van der Waals surface area contributed by atoms with Crippen LogP contribution in [0.15, 0.2) is 0 Å². The Hall–Kier alpha value is -1.12. The molecule has 0 aromatic heterocycles. The lowest BCUT2D eigenvalue weighted by Gasteiger charge is -2.24. The van der Waals surface area contributed by atoms with Gasteiger partial charge in [0, 0.05) is 19.1 Å². The van der Waals surface area contributed by atoms with Crippen LogP contribution in [0.25, 0.3) is 0 Å². The van der Waals surface area contributed by atoms with Gasteiger partial charge in [-0.2, -0.15) is 5.26 Å². The molecule has 0 aromatic rings. The van der Waals surface area contributed by atoms with Crippen molar-refractivity contribution in [3.63, 3.8) is 0 Å². The van der Waals surface area contributed by atoms with Gasteiger partial charge in [-0.3, -0.25) is 9.69 Å². The zero-order chi connectivity index (χ0) is 12.8. The van der Waals surface area contributed by atoms with Gasteiger partial charge in [-0.15, -0.1) is 0 Å². The first-order valence-corrected chi connectivity index (χ1v) is 6.87. The summed E-state index contributed by atoms with van der Waals surface area (Å²) in [5.74, 6) is 0.755. The van der Waals surface area contributed by atoms with E-state index in [9.17, 15) is 4.79 Å². The van der Waals surface area contributed by atoms with Crippen LogP contribution in [0, 0.1) is 17.2 Å². The maximum atomic E-state index is 11.7. The van der Waals surface area contributed by atoms with Crippen LogP contribution in [-0.2, 0) is 4.79 Å². The number of nitrogens with zero attached hydrogens (tertiary/aromatic N) is 2. The van der Waals surface area contributed by atoms with E-state index in [1.54, 1.807) is 0 Å². The van der Waals surface area contributed by atoms with Gasteiger partial charge >= 0.3 is 0 Å². The summed E-state index contributed by atoms with van der Waals surface area (Å²) in [6, 6.07) is 2.47. The van der Waals surface area contributed by atoms with Crippen LogP contribution in [0.5, 0.6) is 0 Å². The molecule has 100 valence electrons. The van der Waals surface area contributed by atoms with E-state index in [4.69, 9.17) is 5.26 Å².